The van der Waals surface area contributed by atoms with E-state index in [1.165, 1.54) is 19.2 Å². The van der Waals surface area contributed by atoms with E-state index >= 15 is 0 Å². The molecule has 1 rings (SSSR count). The molecular weight excluding hydrogens is 192 g/mol. The van der Waals surface area contributed by atoms with Crippen molar-refractivity contribution in [2.24, 2.45) is 0 Å². The van der Waals surface area contributed by atoms with Gasteiger partial charge in [0.25, 0.3) is 10.1 Å². The Morgan fingerprint density at radius 3 is 2.23 bits per heavy atom. The summed E-state index contributed by atoms with van der Waals surface area (Å²) in [7, 11) is -2.55. The van der Waals surface area contributed by atoms with Gasteiger partial charge in [-0.05, 0) is 17.7 Å². The van der Waals surface area contributed by atoms with Gasteiger partial charge >= 0.3 is 0 Å². The van der Waals surface area contributed by atoms with Crippen LogP contribution in [0.1, 0.15) is 5.56 Å². The molecule has 0 aliphatic carbocycles. The van der Waals surface area contributed by atoms with Crippen LogP contribution in [-0.4, -0.2) is 20.1 Å². The normalized spacial score (nSPS) is 11.2. The summed E-state index contributed by atoms with van der Waals surface area (Å²) in [6.45, 7) is 0. The largest absolute Gasteiger partial charge is 0.497 e. The Kier molecular flexibility index (Phi) is 2.90. The Morgan fingerprint density at radius 2 is 1.85 bits per heavy atom. The second-order valence-corrected chi connectivity index (χ2v) is 3.67. The SMILES string of the molecule is COc1ccc([CH]S(=O)(=O)O)cc1. The molecule has 0 saturated carbocycles. The molecule has 0 saturated heterocycles. The van der Waals surface area contributed by atoms with Gasteiger partial charge in [0, 0.05) is 0 Å². The summed E-state index contributed by atoms with van der Waals surface area (Å²) in [5, 5.41) is 0. The molecule has 1 aromatic rings. The minimum absolute atomic E-state index is 0.406. The van der Waals surface area contributed by atoms with Crippen molar-refractivity contribution in [1.29, 1.82) is 0 Å². The minimum Gasteiger partial charge on any atom is -0.497 e. The predicted octanol–water partition coefficient (Wildman–Crippen LogP) is 1.09. The lowest BCUT2D eigenvalue weighted by molar-refractivity contribution is 0.414. The van der Waals surface area contributed by atoms with Gasteiger partial charge in [-0.25, -0.2) is 0 Å². The summed E-state index contributed by atoms with van der Waals surface area (Å²) in [4.78, 5) is 0. The van der Waals surface area contributed by atoms with Gasteiger partial charge in [0.15, 0.2) is 0 Å². The first-order valence-electron chi connectivity index (χ1n) is 3.47. The highest BCUT2D eigenvalue weighted by Crippen LogP contribution is 2.13. The highest BCUT2D eigenvalue weighted by Gasteiger charge is 2.06. The monoisotopic (exact) mass is 201 g/mol. The van der Waals surface area contributed by atoms with Gasteiger partial charge < -0.3 is 4.74 Å². The van der Waals surface area contributed by atoms with Gasteiger partial charge in [-0.1, -0.05) is 12.1 Å². The molecule has 0 aromatic heterocycles. The second kappa shape index (κ2) is 3.76. The van der Waals surface area contributed by atoms with Gasteiger partial charge in [-0.2, -0.15) is 8.42 Å². The van der Waals surface area contributed by atoms with E-state index in [0.717, 1.165) is 5.75 Å². The average molecular weight is 201 g/mol. The van der Waals surface area contributed by atoms with Crippen LogP contribution < -0.4 is 4.74 Å². The van der Waals surface area contributed by atoms with Gasteiger partial charge in [0.1, 0.15) is 11.5 Å². The lowest BCUT2D eigenvalue weighted by Crippen LogP contribution is -1.98. The summed E-state index contributed by atoms with van der Waals surface area (Å²) >= 11 is 0. The maximum atomic E-state index is 10.4. The lowest BCUT2D eigenvalue weighted by Gasteiger charge is -2.00. The van der Waals surface area contributed by atoms with Crippen LogP contribution in [0, 0.1) is 5.75 Å². The van der Waals surface area contributed by atoms with Crippen molar-refractivity contribution in [3.05, 3.63) is 35.6 Å². The van der Waals surface area contributed by atoms with Crippen molar-refractivity contribution in [2.45, 2.75) is 0 Å². The predicted molar refractivity (Wildman–Crippen MR) is 47.9 cm³/mol. The van der Waals surface area contributed by atoms with E-state index in [1.807, 2.05) is 0 Å². The zero-order valence-electron chi connectivity index (χ0n) is 6.97. The highest BCUT2D eigenvalue weighted by molar-refractivity contribution is 7.88. The summed E-state index contributed by atoms with van der Waals surface area (Å²) in [6.07, 6.45) is 0. The second-order valence-electron chi connectivity index (χ2n) is 2.41. The van der Waals surface area contributed by atoms with Crippen molar-refractivity contribution in [1.82, 2.24) is 0 Å². The molecule has 0 spiro atoms. The highest BCUT2D eigenvalue weighted by atomic mass is 32.2. The molecule has 13 heavy (non-hydrogen) atoms. The van der Waals surface area contributed by atoms with Crippen molar-refractivity contribution >= 4 is 10.1 Å². The Morgan fingerprint density at radius 1 is 1.31 bits per heavy atom. The number of rotatable bonds is 3. The first-order chi connectivity index (χ1) is 6.01. The van der Waals surface area contributed by atoms with E-state index in [0.29, 0.717) is 11.3 Å². The molecule has 71 valence electrons. The van der Waals surface area contributed by atoms with Crippen LogP contribution in [0.25, 0.3) is 0 Å². The third kappa shape index (κ3) is 3.43. The number of benzene rings is 1. The van der Waals surface area contributed by atoms with E-state index in [1.54, 1.807) is 12.1 Å². The molecule has 0 unspecified atom stereocenters. The fourth-order valence-electron chi connectivity index (χ4n) is 0.854. The Balaban J connectivity index is 2.81. The molecule has 0 fully saturated rings. The molecule has 0 aliphatic heterocycles. The summed E-state index contributed by atoms with van der Waals surface area (Å²) < 4.78 is 34.2. The molecule has 0 heterocycles. The van der Waals surface area contributed by atoms with Crippen molar-refractivity contribution in [3.8, 4) is 5.75 Å². The van der Waals surface area contributed by atoms with Crippen molar-refractivity contribution in [2.75, 3.05) is 7.11 Å². The fraction of sp³-hybridized carbons (Fsp3) is 0.125. The van der Waals surface area contributed by atoms with E-state index in [4.69, 9.17) is 9.29 Å². The zero-order valence-corrected chi connectivity index (χ0v) is 7.78. The Hall–Kier alpha value is -1.07. The van der Waals surface area contributed by atoms with Crippen LogP contribution in [-0.2, 0) is 10.1 Å². The number of hydrogen-bond donors (Lipinski definition) is 1. The lowest BCUT2D eigenvalue weighted by atomic mass is 10.2. The maximum absolute atomic E-state index is 10.4. The molecular formula is C8H9O4S. The zero-order chi connectivity index (χ0) is 9.90. The van der Waals surface area contributed by atoms with E-state index in [-0.39, 0.29) is 0 Å². The standard InChI is InChI=1S/C8H9O4S/c1-12-8-4-2-7(3-5-8)6-13(9,10)11/h2-6H,1H3,(H,9,10,11). The average Bonchev–Trinajstić information content (AvgIpc) is 2.03. The van der Waals surface area contributed by atoms with Crippen LogP contribution in [0.4, 0.5) is 0 Å². The van der Waals surface area contributed by atoms with Crippen LogP contribution in [0.5, 0.6) is 5.75 Å². The van der Waals surface area contributed by atoms with Crippen LogP contribution >= 0.6 is 0 Å². The molecule has 0 amide bonds. The van der Waals surface area contributed by atoms with Gasteiger partial charge in [-0.3, -0.25) is 4.55 Å². The molecule has 0 bridgehead atoms. The third-order valence-electron chi connectivity index (χ3n) is 1.40. The number of hydrogen-bond acceptors (Lipinski definition) is 3. The summed E-state index contributed by atoms with van der Waals surface area (Å²) in [5.41, 5.74) is 0.406. The quantitative estimate of drug-likeness (QED) is 0.743. The topological polar surface area (TPSA) is 63.6 Å². The Labute approximate surface area is 76.9 Å². The van der Waals surface area contributed by atoms with Crippen molar-refractivity contribution in [3.63, 3.8) is 0 Å². The van der Waals surface area contributed by atoms with E-state index < -0.39 is 10.1 Å². The van der Waals surface area contributed by atoms with E-state index in [2.05, 4.69) is 0 Å². The van der Waals surface area contributed by atoms with Gasteiger partial charge in [0.2, 0.25) is 0 Å². The van der Waals surface area contributed by atoms with Crippen LogP contribution in [0.15, 0.2) is 24.3 Å². The number of methoxy groups -OCH3 is 1. The fourth-order valence-corrected chi connectivity index (χ4v) is 1.36. The van der Waals surface area contributed by atoms with E-state index in [9.17, 15) is 8.42 Å². The van der Waals surface area contributed by atoms with Crippen LogP contribution in [0.2, 0.25) is 0 Å². The molecule has 0 aliphatic rings. The van der Waals surface area contributed by atoms with Crippen molar-refractivity contribution < 1.29 is 17.7 Å². The summed E-state index contributed by atoms with van der Waals surface area (Å²) in [5.74, 6) is 1.40. The minimum atomic E-state index is -4.06. The van der Waals surface area contributed by atoms with Gasteiger partial charge in [0.05, 0.1) is 7.11 Å². The number of ether oxygens (including phenoxy) is 1. The molecule has 1 N–H and O–H groups in total. The molecule has 1 aromatic carbocycles. The first-order valence-corrected chi connectivity index (χ1v) is 4.98. The third-order valence-corrected chi connectivity index (χ3v) is 1.97. The van der Waals surface area contributed by atoms with Gasteiger partial charge in [-0.15, -0.1) is 0 Å². The molecule has 4 nitrogen and oxygen atoms in total. The maximum Gasteiger partial charge on any atom is 0.273 e. The molecule has 0 atom stereocenters. The molecule has 5 heteroatoms. The van der Waals surface area contributed by atoms with Crippen LogP contribution in [0.3, 0.4) is 0 Å². The smallest absolute Gasteiger partial charge is 0.273 e. The molecule has 1 radical (unpaired) electrons. The summed E-state index contributed by atoms with van der Waals surface area (Å²) in [6, 6.07) is 6.28. The Bertz CT molecular complexity index is 366. The first kappa shape index (κ1) is 10.0.